The van der Waals surface area contributed by atoms with Crippen molar-refractivity contribution in [1.82, 2.24) is 4.90 Å². The molecule has 1 fully saturated rings. The lowest BCUT2D eigenvalue weighted by Crippen LogP contribution is -2.38. The number of rotatable bonds is 6. The fourth-order valence-electron chi connectivity index (χ4n) is 2.64. The number of aliphatic hydroxyl groups is 1. The van der Waals surface area contributed by atoms with Gasteiger partial charge in [0.15, 0.2) is 0 Å². The van der Waals surface area contributed by atoms with Gasteiger partial charge in [-0.2, -0.15) is 0 Å². The normalized spacial score (nSPS) is 24.0. The number of likely N-dealkylation sites (tertiary alicyclic amines) is 1. The first-order valence-electron chi connectivity index (χ1n) is 6.72. The van der Waals surface area contributed by atoms with Crippen molar-refractivity contribution in [2.75, 3.05) is 33.4 Å². The predicted octanol–water partition coefficient (Wildman–Crippen LogP) is 1.79. The molecule has 1 unspecified atom stereocenters. The van der Waals surface area contributed by atoms with E-state index in [-0.39, 0.29) is 13.2 Å². The number of hydrogen-bond acceptors (Lipinski definition) is 5. The summed E-state index contributed by atoms with van der Waals surface area (Å²) < 4.78 is 0. The minimum atomic E-state index is -0.656. The van der Waals surface area contributed by atoms with Crippen molar-refractivity contribution in [3.63, 3.8) is 0 Å². The van der Waals surface area contributed by atoms with Crippen molar-refractivity contribution in [2.45, 2.75) is 6.54 Å². The van der Waals surface area contributed by atoms with E-state index < -0.39 is 5.41 Å². The first kappa shape index (κ1) is 15.3. The summed E-state index contributed by atoms with van der Waals surface area (Å²) in [7, 11) is 1.47. The molecule has 1 heterocycles. The zero-order chi connectivity index (χ0) is 15.1. The van der Waals surface area contributed by atoms with Crippen molar-refractivity contribution in [2.24, 2.45) is 15.7 Å². The molecule has 112 valence electrons. The quantitative estimate of drug-likeness (QED) is 0.374. The molecular weight excluding hydrogens is 270 g/mol. The summed E-state index contributed by atoms with van der Waals surface area (Å²) in [5.41, 5.74) is 9.80. The molecule has 0 saturated carbocycles. The number of nitrogens with zero attached hydrogens (tertiary/aromatic N) is 5. The molecule has 1 N–H and O–H groups in total. The lowest BCUT2D eigenvalue weighted by molar-refractivity contribution is 0.159. The second kappa shape index (κ2) is 7.08. The van der Waals surface area contributed by atoms with Crippen LogP contribution in [0, 0.1) is 5.41 Å². The van der Waals surface area contributed by atoms with Crippen LogP contribution in [-0.4, -0.2) is 49.1 Å². The second-order valence-corrected chi connectivity index (χ2v) is 5.18. The Kier molecular flexibility index (Phi) is 5.16. The van der Waals surface area contributed by atoms with Crippen LogP contribution >= 0.6 is 0 Å². The monoisotopic (exact) mass is 289 g/mol. The van der Waals surface area contributed by atoms with Crippen LogP contribution in [0.15, 0.2) is 40.6 Å². The van der Waals surface area contributed by atoms with E-state index in [1.165, 1.54) is 12.7 Å². The summed E-state index contributed by atoms with van der Waals surface area (Å²) in [6.07, 6.45) is 0. The Labute approximate surface area is 123 Å². The first-order valence-corrected chi connectivity index (χ1v) is 6.72. The van der Waals surface area contributed by atoms with Gasteiger partial charge in [0.1, 0.15) is 7.11 Å². The summed E-state index contributed by atoms with van der Waals surface area (Å²) in [6.45, 7) is 1.97. The molecule has 1 aromatic rings. The summed E-state index contributed by atoms with van der Waals surface area (Å²) >= 11 is 0. The smallest absolute Gasteiger partial charge is 0.106 e. The predicted molar refractivity (Wildman–Crippen MR) is 79.7 cm³/mol. The highest BCUT2D eigenvalue weighted by Crippen LogP contribution is 2.30. The van der Waals surface area contributed by atoms with Crippen molar-refractivity contribution in [3.05, 3.63) is 46.3 Å². The molecule has 7 heteroatoms. The molecule has 0 spiro atoms. The number of aliphatic hydroxyl groups excluding tert-OH is 1. The molecule has 21 heavy (non-hydrogen) atoms. The Morgan fingerprint density at radius 1 is 1.43 bits per heavy atom. The Balaban J connectivity index is 2.17. The van der Waals surface area contributed by atoms with Gasteiger partial charge in [-0.25, -0.2) is 0 Å². The van der Waals surface area contributed by atoms with Gasteiger partial charge in [-0.05, 0) is 11.1 Å². The summed E-state index contributed by atoms with van der Waals surface area (Å²) in [5.74, 6) is 0. The van der Waals surface area contributed by atoms with E-state index >= 15 is 0 Å². The van der Waals surface area contributed by atoms with E-state index in [4.69, 9.17) is 10.4 Å². The Hall–Kier alpha value is -2.08. The van der Waals surface area contributed by atoms with E-state index in [1.54, 1.807) is 0 Å². The van der Waals surface area contributed by atoms with Gasteiger partial charge in [-0.3, -0.25) is 4.90 Å². The maximum absolute atomic E-state index is 9.78. The Bertz CT molecular complexity index is 542. The van der Waals surface area contributed by atoms with Crippen LogP contribution in [0.4, 0.5) is 0 Å². The van der Waals surface area contributed by atoms with Gasteiger partial charge < -0.3 is 9.94 Å². The molecule has 0 radical (unpaired) electrons. The highest BCUT2D eigenvalue weighted by Gasteiger charge is 2.43. The Morgan fingerprint density at radius 3 is 2.81 bits per heavy atom. The lowest BCUT2D eigenvalue weighted by Gasteiger charge is -2.25. The van der Waals surface area contributed by atoms with Gasteiger partial charge in [0, 0.05) is 31.1 Å². The minimum absolute atomic E-state index is 0.125. The minimum Gasteiger partial charge on any atom is -0.399 e. The van der Waals surface area contributed by atoms with Crippen LogP contribution in [0.1, 0.15) is 5.56 Å². The molecule has 0 aliphatic carbocycles. The number of hydrogen-bond donors (Lipinski definition) is 1. The SMILES string of the molecule is CON=C1CN(Cc2ccccc2)CC1(CO)CN=[N+]=[N-]. The van der Waals surface area contributed by atoms with Gasteiger partial charge in [0.05, 0.1) is 17.7 Å². The molecule has 0 aromatic heterocycles. The molecule has 2 rings (SSSR count). The number of benzene rings is 1. The lowest BCUT2D eigenvalue weighted by atomic mass is 9.86. The third-order valence-corrected chi connectivity index (χ3v) is 3.70. The summed E-state index contributed by atoms with van der Waals surface area (Å²) in [6, 6.07) is 10.1. The number of azide groups is 1. The molecular formula is C14H19N5O2. The zero-order valence-corrected chi connectivity index (χ0v) is 12.0. The van der Waals surface area contributed by atoms with Crippen LogP contribution in [0.5, 0.6) is 0 Å². The van der Waals surface area contributed by atoms with Gasteiger partial charge in [0.25, 0.3) is 0 Å². The van der Waals surface area contributed by atoms with Gasteiger partial charge in [0.2, 0.25) is 0 Å². The first-order chi connectivity index (χ1) is 10.2. The third kappa shape index (κ3) is 3.52. The average molecular weight is 289 g/mol. The molecule has 1 aliphatic rings. The summed E-state index contributed by atoms with van der Waals surface area (Å²) in [4.78, 5) is 9.84. The van der Waals surface area contributed by atoms with E-state index in [1.807, 2.05) is 18.2 Å². The standard InChI is InChI=1S/C14H19N5O2/c1-21-17-13-8-19(7-12-5-3-2-4-6-12)10-14(13,11-20)9-16-18-15/h2-6,20H,7-11H2,1H3. The fourth-order valence-corrected chi connectivity index (χ4v) is 2.64. The molecule has 1 aliphatic heterocycles. The molecule has 0 amide bonds. The van der Waals surface area contributed by atoms with Crippen molar-refractivity contribution >= 4 is 5.71 Å². The van der Waals surface area contributed by atoms with E-state index in [0.717, 1.165) is 12.3 Å². The summed E-state index contributed by atoms with van der Waals surface area (Å²) in [5, 5.41) is 17.4. The van der Waals surface area contributed by atoms with Crippen molar-refractivity contribution < 1.29 is 9.94 Å². The van der Waals surface area contributed by atoms with Crippen LogP contribution in [0.3, 0.4) is 0 Å². The molecule has 1 atom stereocenters. The van der Waals surface area contributed by atoms with Crippen LogP contribution < -0.4 is 0 Å². The topological polar surface area (TPSA) is 93.8 Å². The maximum Gasteiger partial charge on any atom is 0.106 e. The van der Waals surface area contributed by atoms with Gasteiger partial charge >= 0.3 is 0 Å². The highest BCUT2D eigenvalue weighted by molar-refractivity contribution is 5.94. The fraction of sp³-hybridized carbons (Fsp3) is 0.500. The molecule has 0 bridgehead atoms. The van der Waals surface area contributed by atoms with Crippen molar-refractivity contribution in [1.29, 1.82) is 0 Å². The number of oxime groups is 1. The van der Waals surface area contributed by atoms with Crippen LogP contribution in [0.2, 0.25) is 0 Å². The zero-order valence-electron chi connectivity index (χ0n) is 12.0. The van der Waals surface area contributed by atoms with E-state index in [9.17, 15) is 5.11 Å². The van der Waals surface area contributed by atoms with Crippen LogP contribution in [0.25, 0.3) is 10.4 Å². The van der Waals surface area contributed by atoms with Gasteiger partial charge in [-0.1, -0.05) is 40.6 Å². The molecule has 7 nitrogen and oxygen atoms in total. The highest BCUT2D eigenvalue weighted by atomic mass is 16.6. The third-order valence-electron chi connectivity index (χ3n) is 3.70. The van der Waals surface area contributed by atoms with Crippen LogP contribution in [-0.2, 0) is 11.4 Å². The van der Waals surface area contributed by atoms with E-state index in [0.29, 0.717) is 13.1 Å². The van der Waals surface area contributed by atoms with E-state index in [2.05, 4.69) is 32.2 Å². The average Bonchev–Trinajstić information content (AvgIpc) is 2.85. The molecule has 1 saturated heterocycles. The maximum atomic E-state index is 9.78. The second-order valence-electron chi connectivity index (χ2n) is 5.18. The Morgan fingerprint density at radius 2 is 2.19 bits per heavy atom. The molecule has 1 aromatic carbocycles. The van der Waals surface area contributed by atoms with Gasteiger partial charge in [-0.15, -0.1) is 0 Å². The van der Waals surface area contributed by atoms with Crippen molar-refractivity contribution in [3.8, 4) is 0 Å². The largest absolute Gasteiger partial charge is 0.399 e.